The van der Waals surface area contributed by atoms with Crippen LogP contribution in [0.5, 0.6) is 0 Å². The van der Waals surface area contributed by atoms with Gasteiger partial charge >= 0.3 is 0 Å². The van der Waals surface area contributed by atoms with E-state index in [9.17, 15) is 0 Å². The molecule has 8 heteroatoms. The zero-order valence-corrected chi connectivity index (χ0v) is 22.7. The first-order valence-electron chi connectivity index (χ1n) is 13.4. The minimum atomic E-state index is 0.792. The van der Waals surface area contributed by atoms with Crippen LogP contribution in [0.4, 0.5) is 0 Å². The first-order valence-corrected chi connectivity index (χ1v) is 14.2. The molecule has 1 saturated heterocycles. The molecule has 1 fully saturated rings. The Hall–Kier alpha value is -4.14. The molecule has 0 radical (unpaired) electrons. The summed E-state index contributed by atoms with van der Waals surface area (Å²) in [5.41, 5.74) is 9.69. The van der Waals surface area contributed by atoms with Gasteiger partial charge in [-0.2, -0.15) is 5.10 Å². The third-order valence-electron chi connectivity index (χ3n) is 7.45. The smallest absolute Gasteiger partial charge is 0.135 e. The molecule has 1 aliphatic rings. The molecule has 7 rings (SSSR count). The summed E-state index contributed by atoms with van der Waals surface area (Å²) in [6.45, 7) is 9.38. The van der Waals surface area contributed by atoms with Crippen LogP contribution in [0.25, 0.3) is 60.6 Å². The molecular weight excluding hydrogens is 502 g/mol. The highest BCUT2D eigenvalue weighted by Gasteiger charge is 2.17. The topological polar surface area (TPSA) is 86.4 Å². The first kappa shape index (κ1) is 23.9. The average molecular weight is 532 g/mol. The third kappa shape index (κ3) is 4.56. The molecule has 0 atom stereocenters. The van der Waals surface area contributed by atoms with E-state index in [1.807, 2.05) is 43.8 Å². The number of nitrogens with one attached hydrogen (secondary N) is 2. The van der Waals surface area contributed by atoms with Crippen molar-refractivity contribution in [1.29, 1.82) is 0 Å². The predicted octanol–water partition coefficient (Wildman–Crippen LogP) is 7.31. The fraction of sp³-hybridized carbons (Fsp3) is 0.226. The fourth-order valence-electron chi connectivity index (χ4n) is 5.42. The lowest BCUT2D eigenvalue weighted by Crippen LogP contribution is -2.29. The summed E-state index contributed by atoms with van der Waals surface area (Å²) in [7, 11) is 0. The van der Waals surface area contributed by atoms with Crippen LogP contribution in [0.2, 0.25) is 0 Å². The highest BCUT2D eigenvalue weighted by Crippen LogP contribution is 2.37. The molecule has 194 valence electrons. The minimum Gasteiger partial charge on any atom is -0.352 e. The summed E-state index contributed by atoms with van der Waals surface area (Å²) in [6.07, 6.45) is 11.6. The number of fused-ring (bicyclic) bond motifs is 2. The van der Waals surface area contributed by atoms with Crippen LogP contribution in [0.15, 0.2) is 67.8 Å². The monoisotopic (exact) mass is 531 g/mol. The number of likely N-dealkylation sites (tertiary alicyclic amines) is 1. The number of hydrogen-bond acceptors (Lipinski definition) is 6. The van der Waals surface area contributed by atoms with Gasteiger partial charge in [0.25, 0.3) is 0 Å². The lowest BCUT2D eigenvalue weighted by Gasteiger charge is -2.26. The quantitative estimate of drug-likeness (QED) is 0.235. The SMILES string of the molecule is C=C(C)c1ccc(-c2cncc3[nH]c(-c4n[nH]c5ccc(-c6cncc(CN7CCCCC7)c6)nc45)cc23)s1. The Balaban J connectivity index is 1.25. The van der Waals surface area contributed by atoms with Gasteiger partial charge in [0.2, 0.25) is 0 Å². The predicted molar refractivity (Wildman–Crippen MR) is 159 cm³/mol. The molecule has 6 aromatic rings. The van der Waals surface area contributed by atoms with Crippen LogP contribution < -0.4 is 0 Å². The number of allylic oxidation sites excluding steroid dienone is 1. The van der Waals surface area contributed by atoms with Crippen molar-refractivity contribution < 1.29 is 0 Å². The number of hydrogen-bond donors (Lipinski definition) is 2. The van der Waals surface area contributed by atoms with Gasteiger partial charge in [0.05, 0.1) is 28.6 Å². The van der Waals surface area contributed by atoms with E-state index in [0.29, 0.717) is 0 Å². The van der Waals surface area contributed by atoms with Crippen molar-refractivity contribution in [2.75, 3.05) is 13.1 Å². The molecule has 6 aromatic heterocycles. The van der Waals surface area contributed by atoms with Gasteiger partial charge in [-0.15, -0.1) is 11.3 Å². The van der Waals surface area contributed by atoms with Crippen molar-refractivity contribution in [2.45, 2.75) is 32.7 Å². The van der Waals surface area contributed by atoms with Gasteiger partial charge in [-0.05, 0) is 80.4 Å². The summed E-state index contributed by atoms with van der Waals surface area (Å²) < 4.78 is 0. The van der Waals surface area contributed by atoms with E-state index in [2.05, 4.69) is 60.9 Å². The van der Waals surface area contributed by atoms with E-state index in [4.69, 9.17) is 4.98 Å². The lowest BCUT2D eigenvalue weighted by atomic mass is 10.1. The summed E-state index contributed by atoms with van der Waals surface area (Å²) in [5, 5.41) is 8.92. The maximum atomic E-state index is 5.05. The molecule has 0 aliphatic carbocycles. The first-order chi connectivity index (χ1) is 19.1. The minimum absolute atomic E-state index is 0.792. The molecule has 7 nitrogen and oxygen atoms in total. The largest absolute Gasteiger partial charge is 0.352 e. The van der Waals surface area contributed by atoms with Crippen molar-refractivity contribution in [3.63, 3.8) is 0 Å². The van der Waals surface area contributed by atoms with Gasteiger partial charge in [-0.1, -0.05) is 13.0 Å². The standard InChI is InChI=1S/C31H29N7S/c1-19(2)28-8-9-29(39-28)23-16-33-17-27-22(23)13-26(34-27)31-30-25(36-37-31)7-6-24(35-30)21-12-20(14-32-15-21)18-38-10-4-3-5-11-38/h6-9,12-17,34H,1,3-5,10-11,18H2,2H3,(H,36,37). The van der Waals surface area contributed by atoms with E-state index < -0.39 is 0 Å². The van der Waals surface area contributed by atoms with Crippen LogP contribution in [-0.2, 0) is 6.54 Å². The second-order valence-corrected chi connectivity index (χ2v) is 11.4. The Kier molecular flexibility index (Phi) is 6.06. The van der Waals surface area contributed by atoms with Gasteiger partial charge in [0, 0.05) is 51.4 Å². The van der Waals surface area contributed by atoms with Gasteiger partial charge in [0.1, 0.15) is 11.2 Å². The molecular formula is C31H29N7S. The molecule has 1 aliphatic heterocycles. The molecule has 39 heavy (non-hydrogen) atoms. The molecule has 7 heterocycles. The van der Waals surface area contributed by atoms with Gasteiger partial charge in [-0.25, -0.2) is 4.98 Å². The highest BCUT2D eigenvalue weighted by molar-refractivity contribution is 7.16. The van der Waals surface area contributed by atoms with Crippen molar-refractivity contribution >= 4 is 38.8 Å². The Morgan fingerprint density at radius 1 is 0.974 bits per heavy atom. The number of thiophene rings is 1. The molecule has 0 unspecified atom stereocenters. The summed E-state index contributed by atoms with van der Waals surface area (Å²) >= 11 is 1.73. The third-order valence-corrected chi connectivity index (χ3v) is 8.73. The molecule has 2 N–H and O–H groups in total. The van der Waals surface area contributed by atoms with Crippen molar-refractivity contribution in [2.24, 2.45) is 0 Å². The van der Waals surface area contributed by atoms with E-state index in [1.54, 1.807) is 11.3 Å². The summed E-state index contributed by atoms with van der Waals surface area (Å²) in [5.74, 6) is 0. The summed E-state index contributed by atoms with van der Waals surface area (Å²) in [6, 6.07) is 12.7. The zero-order valence-electron chi connectivity index (χ0n) is 21.9. The molecule has 0 spiro atoms. The number of nitrogens with zero attached hydrogens (tertiary/aromatic N) is 5. The number of aromatic amines is 2. The molecule has 0 saturated carbocycles. The van der Waals surface area contributed by atoms with Crippen LogP contribution in [0.3, 0.4) is 0 Å². The number of rotatable bonds is 6. The Labute approximate surface area is 230 Å². The van der Waals surface area contributed by atoms with Crippen LogP contribution in [0.1, 0.15) is 36.6 Å². The average Bonchev–Trinajstić information content (AvgIpc) is 3.71. The second-order valence-electron chi connectivity index (χ2n) is 10.4. The maximum Gasteiger partial charge on any atom is 0.135 e. The van der Waals surface area contributed by atoms with Crippen molar-refractivity contribution in [1.82, 2.24) is 35.0 Å². The van der Waals surface area contributed by atoms with Gasteiger partial charge in [0.15, 0.2) is 0 Å². The normalized spacial score (nSPS) is 14.4. The summed E-state index contributed by atoms with van der Waals surface area (Å²) in [4.78, 5) is 22.5. The molecule has 0 amide bonds. The Bertz CT molecular complexity index is 1820. The van der Waals surface area contributed by atoms with E-state index in [1.165, 1.54) is 34.6 Å². The second kappa shape index (κ2) is 9.87. The van der Waals surface area contributed by atoms with Gasteiger partial charge in [-0.3, -0.25) is 20.0 Å². The number of H-pyrrole nitrogens is 2. The fourth-order valence-corrected chi connectivity index (χ4v) is 6.38. The maximum absolute atomic E-state index is 5.05. The van der Waals surface area contributed by atoms with Gasteiger partial charge < -0.3 is 4.98 Å². The van der Waals surface area contributed by atoms with Crippen molar-refractivity contribution in [3.05, 3.63) is 78.2 Å². The van der Waals surface area contributed by atoms with Crippen LogP contribution >= 0.6 is 11.3 Å². The number of aromatic nitrogens is 6. The molecule has 0 aromatic carbocycles. The zero-order chi connectivity index (χ0) is 26.3. The number of pyridine rings is 3. The number of piperidine rings is 1. The van der Waals surface area contributed by atoms with E-state index >= 15 is 0 Å². The highest BCUT2D eigenvalue weighted by atomic mass is 32.1. The van der Waals surface area contributed by atoms with E-state index in [-0.39, 0.29) is 0 Å². The Morgan fingerprint density at radius 3 is 2.69 bits per heavy atom. The molecule has 0 bridgehead atoms. The van der Waals surface area contributed by atoms with Crippen molar-refractivity contribution in [3.8, 4) is 33.1 Å². The Morgan fingerprint density at radius 2 is 1.85 bits per heavy atom. The van der Waals surface area contributed by atoms with Crippen LogP contribution in [0, 0.1) is 0 Å². The van der Waals surface area contributed by atoms with Crippen LogP contribution in [-0.4, -0.2) is 48.1 Å². The van der Waals surface area contributed by atoms with E-state index in [0.717, 1.165) is 75.4 Å². The lowest BCUT2D eigenvalue weighted by molar-refractivity contribution is 0.220.